The van der Waals surface area contributed by atoms with E-state index in [4.69, 9.17) is 10.7 Å². The summed E-state index contributed by atoms with van der Waals surface area (Å²) in [7, 11) is 1.98. The van der Waals surface area contributed by atoms with E-state index >= 15 is 0 Å². The standard InChI is InChI=1S/C11H21ClO2S/c1-11(2,9-15(12,13)14)10-7-5-3-4-6-8-10/h10H,3-9H2,1-2H3. The molecule has 4 heteroatoms. The minimum Gasteiger partial charge on any atom is -0.212 e. The predicted molar refractivity (Wildman–Crippen MR) is 64.6 cm³/mol. The largest absolute Gasteiger partial charge is 0.233 e. The molecule has 0 heterocycles. The lowest BCUT2D eigenvalue weighted by atomic mass is 9.76. The second-order valence-corrected chi connectivity index (χ2v) is 8.14. The average Bonchev–Trinajstić information content (AvgIpc) is 2.25. The highest BCUT2D eigenvalue weighted by atomic mass is 35.7. The van der Waals surface area contributed by atoms with Gasteiger partial charge in [0.05, 0.1) is 5.75 Å². The summed E-state index contributed by atoms with van der Waals surface area (Å²) >= 11 is 0. The quantitative estimate of drug-likeness (QED) is 0.569. The van der Waals surface area contributed by atoms with Crippen molar-refractivity contribution in [3.05, 3.63) is 0 Å². The molecule has 90 valence electrons. The maximum Gasteiger partial charge on any atom is 0.233 e. The number of hydrogen-bond donors (Lipinski definition) is 0. The minimum atomic E-state index is -3.37. The topological polar surface area (TPSA) is 34.1 Å². The first-order chi connectivity index (χ1) is 6.81. The Morgan fingerprint density at radius 2 is 1.60 bits per heavy atom. The zero-order valence-electron chi connectivity index (χ0n) is 9.63. The molecule has 1 aliphatic carbocycles. The van der Waals surface area contributed by atoms with Gasteiger partial charge in [0.25, 0.3) is 0 Å². The van der Waals surface area contributed by atoms with Gasteiger partial charge in [0, 0.05) is 10.7 Å². The van der Waals surface area contributed by atoms with Crippen LogP contribution in [0.25, 0.3) is 0 Å². The maximum absolute atomic E-state index is 11.1. The fourth-order valence-corrected chi connectivity index (χ4v) is 4.59. The molecule has 0 unspecified atom stereocenters. The third-order valence-electron chi connectivity index (χ3n) is 3.50. The van der Waals surface area contributed by atoms with Crippen LogP contribution in [0.3, 0.4) is 0 Å². The molecule has 0 N–H and O–H groups in total. The van der Waals surface area contributed by atoms with Gasteiger partial charge in [0.1, 0.15) is 0 Å². The Balaban J connectivity index is 2.66. The van der Waals surface area contributed by atoms with Crippen LogP contribution in [0, 0.1) is 11.3 Å². The summed E-state index contributed by atoms with van der Waals surface area (Å²) in [6, 6.07) is 0. The number of rotatable bonds is 3. The molecule has 0 aromatic heterocycles. The molecule has 1 fully saturated rings. The fraction of sp³-hybridized carbons (Fsp3) is 1.00. The van der Waals surface area contributed by atoms with Crippen LogP contribution in [0.5, 0.6) is 0 Å². The molecule has 1 saturated carbocycles. The lowest BCUT2D eigenvalue weighted by molar-refractivity contribution is 0.218. The lowest BCUT2D eigenvalue weighted by Crippen LogP contribution is -2.30. The Kier molecular flexibility index (Phi) is 4.48. The Bertz CT molecular complexity index is 288. The summed E-state index contributed by atoms with van der Waals surface area (Å²) in [5.41, 5.74) is -0.176. The van der Waals surface area contributed by atoms with Gasteiger partial charge in [-0.2, -0.15) is 0 Å². The van der Waals surface area contributed by atoms with E-state index in [0.717, 1.165) is 12.8 Å². The Hall–Kier alpha value is 0.240. The van der Waals surface area contributed by atoms with Crippen LogP contribution in [0.4, 0.5) is 0 Å². The summed E-state index contributed by atoms with van der Waals surface area (Å²) in [5.74, 6) is 0.611. The van der Waals surface area contributed by atoms with Crippen LogP contribution in [-0.4, -0.2) is 14.2 Å². The zero-order chi connectivity index (χ0) is 11.5. The Morgan fingerprint density at radius 3 is 2.00 bits per heavy atom. The third kappa shape index (κ3) is 4.73. The van der Waals surface area contributed by atoms with Crippen LogP contribution >= 0.6 is 10.7 Å². The van der Waals surface area contributed by atoms with Crippen molar-refractivity contribution in [2.75, 3.05) is 5.75 Å². The highest BCUT2D eigenvalue weighted by Gasteiger charge is 2.33. The van der Waals surface area contributed by atoms with Crippen molar-refractivity contribution < 1.29 is 8.42 Å². The van der Waals surface area contributed by atoms with Gasteiger partial charge in [-0.25, -0.2) is 8.42 Å². The van der Waals surface area contributed by atoms with E-state index < -0.39 is 9.05 Å². The molecule has 0 spiro atoms. The van der Waals surface area contributed by atoms with Crippen molar-refractivity contribution in [2.24, 2.45) is 11.3 Å². The molecule has 15 heavy (non-hydrogen) atoms. The van der Waals surface area contributed by atoms with Crippen LogP contribution in [0.2, 0.25) is 0 Å². The smallest absolute Gasteiger partial charge is 0.212 e. The molecule has 0 saturated heterocycles. The molecule has 1 rings (SSSR count). The molecular weight excluding hydrogens is 232 g/mol. The van der Waals surface area contributed by atoms with Gasteiger partial charge in [-0.05, 0) is 24.2 Å². The van der Waals surface area contributed by atoms with E-state index in [-0.39, 0.29) is 11.2 Å². The molecule has 0 amide bonds. The van der Waals surface area contributed by atoms with Gasteiger partial charge in [-0.15, -0.1) is 0 Å². The van der Waals surface area contributed by atoms with E-state index in [1.165, 1.54) is 25.7 Å². The molecule has 0 radical (unpaired) electrons. The summed E-state index contributed by atoms with van der Waals surface area (Å²) in [5, 5.41) is 0. The van der Waals surface area contributed by atoms with Crippen molar-refractivity contribution in [3.63, 3.8) is 0 Å². The molecule has 0 aromatic rings. The van der Waals surface area contributed by atoms with Crippen molar-refractivity contribution in [2.45, 2.75) is 52.4 Å². The summed E-state index contributed by atoms with van der Waals surface area (Å²) in [6.45, 7) is 4.06. The molecule has 0 bridgehead atoms. The van der Waals surface area contributed by atoms with E-state index in [9.17, 15) is 8.42 Å². The van der Waals surface area contributed by atoms with Gasteiger partial charge in [-0.3, -0.25) is 0 Å². The number of hydrogen-bond acceptors (Lipinski definition) is 2. The van der Waals surface area contributed by atoms with Gasteiger partial charge in [-0.1, -0.05) is 39.5 Å². The average molecular weight is 253 g/mol. The SMILES string of the molecule is CC(C)(CS(=O)(=O)Cl)C1CCCCCC1. The maximum atomic E-state index is 11.1. The molecule has 0 aromatic carbocycles. The van der Waals surface area contributed by atoms with E-state index in [0.29, 0.717) is 5.92 Å². The van der Waals surface area contributed by atoms with Gasteiger partial charge < -0.3 is 0 Å². The van der Waals surface area contributed by atoms with Crippen LogP contribution in [0.15, 0.2) is 0 Å². The van der Waals surface area contributed by atoms with E-state index in [1.54, 1.807) is 0 Å². The first-order valence-corrected chi connectivity index (χ1v) is 8.21. The minimum absolute atomic E-state index is 0.103. The monoisotopic (exact) mass is 252 g/mol. The molecule has 0 atom stereocenters. The fourth-order valence-electron chi connectivity index (χ4n) is 2.62. The Morgan fingerprint density at radius 1 is 1.13 bits per heavy atom. The predicted octanol–water partition coefficient (Wildman–Crippen LogP) is 3.55. The van der Waals surface area contributed by atoms with Crippen LogP contribution in [0.1, 0.15) is 52.4 Å². The summed E-state index contributed by atoms with van der Waals surface area (Å²) in [4.78, 5) is 0. The molecule has 2 nitrogen and oxygen atoms in total. The van der Waals surface area contributed by atoms with Crippen molar-refractivity contribution in [1.29, 1.82) is 0 Å². The Labute approximate surface area is 97.8 Å². The second-order valence-electron chi connectivity index (χ2n) is 5.36. The highest BCUT2D eigenvalue weighted by molar-refractivity contribution is 8.13. The van der Waals surface area contributed by atoms with Gasteiger partial charge in [0.2, 0.25) is 9.05 Å². The summed E-state index contributed by atoms with van der Waals surface area (Å²) < 4.78 is 22.3. The van der Waals surface area contributed by atoms with E-state index in [1.807, 2.05) is 13.8 Å². The second kappa shape index (κ2) is 5.05. The third-order valence-corrected chi connectivity index (χ3v) is 4.92. The van der Waals surface area contributed by atoms with Crippen LogP contribution < -0.4 is 0 Å². The molecular formula is C11H21ClO2S. The number of halogens is 1. The van der Waals surface area contributed by atoms with Crippen molar-refractivity contribution in [1.82, 2.24) is 0 Å². The molecule has 1 aliphatic rings. The first kappa shape index (κ1) is 13.3. The highest BCUT2D eigenvalue weighted by Crippen LogP contribution is 2.38. The summed E-state index contributed by atoms with van der Waals surface area (Å²) in [6.07, 6.45) is 7.35. The first-order valence-electron chi connectivity index (χ1n) is 5.74. The normalized spacial score (nSPS) is 21.3. The van der Waals surface area contributed by atoms with E-state index in [2.05, 4.69) is 0 Å². The van der Waals surface area contributed by atoms with Crippen LogP contribution in [-0.2, 0) is 9.05 Å². The van der Waals surface area contributed by atoms with Gasteiger partial charge >= 0.3 is 0 Å². The lowest BCUT2D eigenvalue weighted by Gasteiger charge is -2.32. The van der Waals surface area contributed by atoms with Crippen molar-refractivity contribution >= 4 is 19.7 Å². The zero-order valence-corrected chi connectivity index (χ0v) is 11.2. The molecule has 0 aliphatic heterocycles. The van der Waals surface area contributed by atoms with Crippen molar-refractivity contribution in [3.8, 4) is 0 Å². The van der Waals surface area contributed by atoms with Gasteiger partial charge in [0.15, 0.2) is 0 Å².